The van der Waals surface area contributed by atoms with Gasteiger partial charge in [0, 0.05) is 24.6 Å². The van der Waals surface area contributed by atoms with Gasteiger partial charge < -0.3 is 10.4 Å². The van der Waals surface area contributed by atoms with Crippen molar-refractivity contribution < 1.29 is 9.90 Å². The first-order chi connectivity index (χ1) is 9.40. The van der Waals surface area contributed by atoms with Crippen molar-refractivity contribution in [1.82, 2.24) is 15.1 Å². The molecule has 0 fully saturated rings. The smallest absolute Gasteiger partial charge is 0.261 e. The molecule has 0 aromatic carbocycles. The largest absolute Gasteiger partial charge is 0.396 e. The normalized spacial score (nSPS) is 14.4. The number of aryl methyl sites for hydroxylation is 2. The van der Waals surface area contributed by atoms with Gasteiger partial charge in [-0.2, -0.15) is 5.10 Å². The fraction of sp³-hybridized carbons (Fsp3) is 0.571. The molecule has 20 heavy (non-hydrogen) atoms. The molecule has 0 aliphatic carbocycles. The van der Waals surface area contributed by atoms with Crippen LogP contribution < -0.4 is 5.32 Å². The van der Waals surface area contributed by atoms with E-state index in [4.69, 9.17) is 5.11 Å². The monoisotopic (exact) mass is 295 g/mol. The summed E-state index contributed by atoms with van der Waals surface area (Å²) in [6.45, 7) is 5.98. The van der Waals surface area contributed by atoms with Gasteiger partial charge in [0.2, 0.25) is 0 Å². The number of aromatic nitrogens is 2. The number of hydrogen-bond acceptors (Lipinski definition) is 4. The molecule has 0 saturated heterocycles. The predicted molar refractivity (Wildman–Crippen MR) is 81.2 cm³/mol. The van der Waals surface area contributed by atoms with Crippen molar-refractivity contribution in [2.75, 3.05) is 6.61 Å². The second kappa shape index (κ2) is 5.54. The minimum absolute atomic E-state index is 0.0695. The number of nitrogens with one attached hydrogen (secondary N) is 1. The Morgan fingerprint density at radius 3 is 2.85 bits per heavy atom. The Morgan fingerprint density at radius 2 is 2.30 bits per heavy atom. The van der Waals surface area contributed by atoms with E-state index in [2.05, 4.69) is 10.4 Å². The molecule has 2 aromatic heterocycles. The quantitative estimate of drug-likeness (QED) is 0.889. The van der Waals surface area contributed by atoms with Crippen LogP contribution in [0.3, 0.4) is 0 Å². The highest BCUT2D eigenvalue weighted by Gasteiger charge is 2.25. The summed E-state index contributed by atoms with van der Waals surface area (Å²) in [6, 6.07) is 1.90. The maximum Gasteiger partial charge on any atom is 0.261 e. The number of thiophene rings is 1. The molecule has 5 nitrogen and oxygen atoms in total. The number of amides is 1. The standard InChI is InChI=1S/C14H21N3O2S/c1-5-14(3,6-7-18)15-12(19)11-8-10-9(2)16-17(4)13(10)20-11/h8,18H,5-7H2,1-4H3,(H,15,19). The van der Waals surface area contributed by atoms with E-state index in [1.165, 1.54) is 11.3 Å². The Bertz CT molecular complexity index is 597. The third kappa shape index (κ3) is 2.71. The molecular weight excluding hydrogens is 274 g/mol. The topological polar surface area (TPSA) is 67.2 Å². The Balaban J connectivity index is 2.25. The van der Waals surface area contributed by atoms with Crippen molar-refractivity contribution in [2.24, 2.45) is 7.05 Å². The van der Waals surface area contributed by atoms with Gasteiger partial charge in [0.15, 0.2) is 0 Å². The molecule has 1 atom stereocenters. The number of rotatable bonds is 5. The number of aliphatic hydroxyl groups is 1. The zero-order chi connectivity index (χ0) is 14.9. The van der Waals surface area contributed by atoms with Crippen molar-refractivity contribution in [3.05, 3.63) is 16.6 Å². The van der Waals surface area contributed by atoms with Gasteiger partial charge in [-0.1, -0.05) is 6.92 Å². The molecular formula is C14H21N3O2S. The average molecular weight is 295 g/mol. The summed E-state index contributed by atoms with van der Waals surface area (Å²) >= 11 is 1.45. The van der Waals surface area contributed by atoms with Crippen LogP contribution in [0, 0.1) is 6.92 Å². The Morgan fingerprint density at radius 1 is 1.60 bits per heavy atom. The molecule has 2 N–H and O–H groups in total. The lowest BCUT2D eigenvalue weighted by atomic mass is 9.95. The first-order valence-corrected chi connectivity index (χ1v) is 7.58. The van der Waals surface area contributed by atoms with Gasteiger partial charge in [0.1, 0.15) is 4.83 Å². The Kier molecular flexibility index (Phi) is 4.15. The van der Waals surface area contributed by atoms with Crippen molar-refractivity contribution >= 4 is 27.5 Å². The third-order valence-corrected chi connectivity index (χ3v) is 4.98. The zero-order valence-electron chi connectivity index (χ0n) is 12.4. The summed E-state index contributed by atoms with van der Waals surface area (Å²) in [4.78, 5) is 14.1. The maximum absolute atomic E-state index is 12.4. The number of hydrogen-bond donors (Lipinski definition) is 2. The summed E-state index contributed by atoms with van der Waals surface area (Å²) in [7, 11) is 1.88. The van der Waals surface area contributed by atoms with Crippen molar-refractivity contribution in [3.63, 3.8) is 0 Å². The average Bonchev–Trinajstić information content (AvgIpc) is 2.93. The second-order valence-electron chi connectivity index (χ2n) is 5.38. The summed E-state index contributed by atoms with van der Waals surface area (Å²) in [5.41, 5.74) is 0.571. The molecule has 0 radical (unpaired) electrons. The zero-order valence-corrected chi connectivity index (χ0v) is 13.2. The van der Waals surface area contributed by atoms with E-state index in [9.17, 15) is 4.79 Å². The van der Waals surface area contributed by atoms with Crippen molar-refractivity contribution in [2.45, 2.75) is 39.2 Å². The number of fused-ring (bicyclic) bond motifs is 1. The Labute approximate surface area is 122 Å². The first-order valence-electron chi connectivity index (χ1n) is 6.76. The highest BCUT2D eigenvalue weighted by molar-refractivity contribution is 7.20. The van der Waals surface area contributed by atoms with E-state index in [0.717, 1.165) is 22.3 Å². The van der Waals surface area contributed by atoms with E-state index < -0.39 is 0 Å². The van der Waals surface area contributed by atoms with Crippen LogP contribution in [-0.4, -0.2) is 32.9 Å². The van der Waals surface area contributed by atoms with E-state index in [-0.39, 0.29) is 18.1 Å². The van der Waals surface area contributed by atoms with Gasteiger partial charge in [-0.3, -0.25) is 9.48 Å². The fourth-order valence-corrected chi connectivity index (χ4v) is 3.25. The van der Waals surface area contributed by atoms with Gasteiger partial charge in [-0.25, -0.2) is 0 Å². The highest BCUT2D eigenvalue weighted by Crippen LogP contribution is 2.28. The van der Waals surface area contributed by atoms with Gasteiger partial charge in [0.05, 0.1) is 10.6 Å². The minimum Gasteiger partial charge on any atom is -0.396 e. The molecule has 110 valence electrons. The lowest BCUT2D eigenvalue weighted by molar-refractivity contribution is 0.0890. The van der Waals surface area contributed by atoms with E-state index in [0.29, 0.717) is 11.3 Å². The maximum atomic E-state index is 12.4. The van der Waals surface area contributed by atoms with Gasteiger partial charge in [-0.05, 0) is 32.8 Å². The number of aliphatic hydroxyl groups excluding tert-OH is 1. The van der Waals surface area contributed by atoms with Crippen LogP contribution >= 0.6 is 11.3 Å². The lowest BCUT2D eigenvalue weighted by Crippen LogP contribution is -2.45. The molecule has 2 rings (SSSR count). The van der Waals surface area contributed by atoms with Gasteiger partial charge >= 0.3 is 0 Å². The third-order valence-electron chi connectivity index (χ3n) is 3.78. The summed E-state index contributed by atoms with van der Waals surface area (Å²) in [5.74, 6) is -0.0802. The molecule has 0 aliphatic rings. The first kappa shape index (κ1) is 15.0. The molecule has 0 bridgehead atoms. The van der Waals surface area contributed by atoms with Gasteiger partial charge in [0.25, 0.3) is 5.91 Å². The molecule has 2 aromatic rings. The fourth-order valence-electron chi connectivity index (χ4n) is 2.23. The summed E-state index contributed by atoms with van der Waals surface area (Å²) in [5, 5.41) is 17.5. The van der Waals surface area contributed by atoms with Crippen molar-refractivity contribution in [1.29, 1.82) is 0 Å². The van der Waals surface area contributed by atoms with Crippen LogP contribution in [0.5, 0.6) is 0 Å². The van der Waals surface area contributed by atoms with Crippen LogP contribution in [0.1, 0.15) is 42.1 Å². The molecule has 1 unspecified atom stereocenters. The molecule has 0 aliphatic heterocycles. The number of carbonyl (C=O) groups excluding carboxylic acids is 1. The SMILES string of the molecule is CCC(C)(CCO)NC(=O)c1cc2c(C)nn(C)c2s1. The highest BCUT2D eigenvalue weighted by atomic mass is 32.1. The lowest BCUT2D eigenvalue weighted by Gasteiger charge is -2.28. The minimum atomic E-state index is -0.366. The summed E-state index contributed by atoms with van der Waals surface area (Å²) in [6.07, 6.45) is 1.34. The van der Waals surface area contributed by atoms with E-state index in [1.54, 1.807) is 4.68 Å². The van der Waals surface area contributed by atoms with E-state index >= 15 is 0 Å². The van der Waals surface area contributed by atoms with Crippen LogP contribution in [0.15, 0.2) is 6.07 Å². The number of nitrogens with zero attached hydrogens (tertiary/aromatic N) is 2. The van der Waals surface area contributed by atoms with Crippen LogP contribution in [0.4, 0.5) is 0 Å². The van der Waals surface area contributed by atoms with Crippen molar-refractivity contribution in [3.8, 4) is 0 Å². The molecule has 0 spiro atoms. The van der Waals surface area contributed by atoms with E-state index in [1.807, 2.05) is 33.9 Å². The van der Waals surface area contributed by atoms with Gasteiger partial charge in [-0.15, -0.1) is 11.3 Å². The van der Waals surface area contributed by atoms with Crippen LogP contribution in [0.25, 0.3) is 10.2 Å². The Hall–Kier alpha value is -1.40. The van der Waals surface area contributed by atoms with Crippen LogP contribution in [0.2, 0.25) is 0 Å². The molecule has 1 amide bonds. The summed E-state index contributed by atoms with van der Waals surface area (Å²) < 4.78 is 1.80. The molecule has 0 saturated carbocycles. The second-order valence-corrected chi connectivity index (χ2v) is 6.41. The predicted octanol–water partition coefficient (Wildman–Crippen LogP) is 2.22. The number of carbonyl (C=O) groups is 1. The molecule has 2 heterocycles. The van der Waals surface area contributed by atoms with Crippen LogP contribution in [-0.2, 0) is 7.05 Å². The molecule has 6 heteroatoms.